The molecule has 2 atom stereocenters. The van der Waals surface area contributed by atoms with Crippen molar-refractivity contribution in [3.05, 3.63) is 68.7 Å². The fraction of sp³-hybridized carbons (Fsp3) is 0.176. The smallest absolute Gasteiger partial charge is 0.269 e. The maximum absolute atomic E-state index is 12.9. The van der Waals surface area contributed by atoms with E-state index in [0.29, 0.717) is 10.9 Å². The number of rotatable bonds is 3. The monoisotopic (exact) mass is 449 g/mol. The van der Waals surface area contributed by atoms with E-state index in [1.165, 1.54) is 6.07 Å². The minimum absolute atomic E-state index is 0.0350. The van der Waals surface area contributed by atoms with Crippen molar-refractivity contribution in [1.29, 1.82) is 0 Å². The summed E-state index contributed by atoms with van der Waals surface area (Å²) >= 11 is 10.6. The van der Waals surface area contributed by atoms with Crippen molar-refractivity contribution in [1.82, 2.24) is 4.90 Å². The highest BCUT2D eigenvalue weighted by Gasteiger charge is 2.50. The Morgan fingerprint density at radius 2 is 1.96 bits per heavy atom. The number of nitrogens with zero attached hydrogens (tertiary/aromatic N) is 3. The van der Waals surface area contributed by atoms with Crippen LogP contribution in [0.4, 0.5) is 11.4 Å². The van der Waals surface area contributed by atoms with Crippen LogP contribution in [0, 0.1) is 10.1 Å². The van der Waals surface area contributed by atoms with Crippen molar-refractivity contribution in [2.45, 2.75) is 11.4 Å². The summed E-state index contributed by atoms with van der Waals surface area (Å²) in [5.41, 5.74) is 1.53. The van der Waals surface area contributed by atoms with Gasteiger partial charge in [0, 0.05) is 22.4 Å². The lowest BCUT2D eigenvalue weighted by molar-refractivity contribution is -0.384. The average Bonchev–Trinajstić information content (AvgIpc) is 3.17. The second-order valence-corrected chi connectivity index (χ2v) is 8.29. The summed E-state index contributed by atoms with van der Waals surface area (Å²) in [6, 6.07) is 13.6. The number of halogens is 1. The maximum Gasteiger partial charge on any atom is 0.269 e. The lowest BCUT2D eigenvalue weighted by atomic mass is 10.1. The van der Waals surface area contributed by atoms with Gasteiger partial charge in [0.25, 0.3) is 11.6 Å². The molecule has 2 aromatic rings. The summed E-state index contributed by atoms with van der Waals surface area (Å²) in [4.78, 5) is 27.0. The number of hydrogen-bond donors (Lipinski definition) is 0. The van der Waals surface area contributed by atoms with Crippen LogP contribution in [-0.4, -0.2) is 32.6 Å². The molecule has 1 amide bonds. The van der Waals surface area contributed by atoms with Crippen LogP contribution < -0.4 is 4.90 Å². The number of amides is 1. The first-order valence-corrected chi connectivity index (χ1v) is 10.00. The summed E-state index contributed by atoms with van der Waals surface area (Å²) in [6.07, 6.45) is 0. The number of thiocarbonyl (C=S) groups is 1. The van der Waals surface area contributed by atoms with Gasteiger partial charge in [-0.05, 0) is 42.0 Å². The molecule has 6 nitrogen and oxygen atoms in total. The van der Waals surface area contributed by atoms with Crippen molar-refractivity contribution in [3.8, 4) is 0 Å². The molecule has 2 aromatic carbocycles. The molecule has 0 radical (unpaired) electrons. The highest BCUT2D eigenvalue weighted by molar-refractivity contribution is 9.10. The van der Waals surface area contributed by atoms with Crippen LogP contribution >= 0.6 is 39.9 Å². The molecule has 2 aliphatic heterocycles. The first kappa shape index (κ1) is 17.4. The van der Waals surface area contributed by atoms with Gasteiger partial charge in [-0.15, -0.1) is 11.8 Å². The van der Waals surface area contributed by atoms with Crippen LogP contribution in [0.1, 0.15) is 10.9 Å². The molecule has 0 saturated carbocycles. The maximum atomic E-state index is 12.9. The molecule has 0 N–H and O–H groups in total. The van der Waals surface area contributed by atoms with Crippen molar-refractivity contribution in [2.75, 3.05) is 10.7 Å². The minimum atomic E-state index is -0.414. The number of carbonyl (C=O) groups excluding carboxylic acids is 1. The van der Waals surface area contributed by atoms with E-state index in [1.807, 2.05) is 35.2 Å². The second kappa shape index (κ2) is 6.64. The molecule has 132 valence electrons. The molecule has 2 heterocycles. The van der Waals surface area contributed by atoms with Crippen LogP contribution in [0.25, 0.3) is 0 Å². The number of anilines is 1. The van der Waals surface area contributed by atoms with E-state index in [4.69, 9.17) is 12.2 Å². The average molecular weight is 450 g/mol. The number of benzene rings is 2. The standard InChI is InChI=1S/C17H12BrN3O3S2/c18-11-4-6-12(7-5-11)19-15(22)14-9-26-16(20(14)17(19)25)10-2-1-3-13(8-10)21(23)24/h1-8,14,16H,9H2/t14-,16-/m1/s1. The Labute approximate surface area is 167 Å². The lowest BCUT2D eigenvalue weighted by Gasteiger charge is -2.25. The van der Waals surface area contributed by atoms with Gasteiger partial charge in [0.2, 0.25) is 0 Å². The zero-order chi connectivity index (χ0) is 18.4. The molecule has 2 aliphatic rings. The fourth-order valence-corrected chi connectivity index (χ4v) is 5.34. The van der Waals surface area contributed by atoms with E-state index in [0.717, 1.165) is 15.7 Å². The number of nitro groups is 1. The molecule has 0 aliphatic carbocycles. The van der Waals surface area contributed by atoms with Crippen LogP contribution in [-0.2, 0) is 4.79 Å². The molecular formula is C17H12BrN3O3S2. The van der Waals surface area contributed by atoms with Crippen LogP contribution in [0.2, 0.25) is 0 Å². The van der Waals surface area contributed by atoms with Gasteiger partial charge in [0.05, 0.1) is 10.6 Å². The predicted molar refractivity (Wildman–Crippen MR) is 108 cm³/mol. The molecular weight excluding hydrogens is 438 g/mol. The lowest BCUT2D eigenvalue weighted by Crippen LogP contribution is -2.33. The van der Waals surface area contributed by atoms with Crippen molar-refractivity contribution in [3.63, 3.8) is 0 Å². The third-order valence-corrected chi connectivity index (χ3v) is 6.61. The molecule has 4 rings (SSSR count). The quantitative estimate of drug-likeness (QED) is 0.399. The van der Waals surface area contributed by atoms with Gasteiger partial charge in [0.1, 0.15) is 11.4 Å². The van der Waals surface area contributed by atoms with E-state index < -0.39 is 4.92 Å². The van der Waals surface area contributed by atoms with Gasteiger partial charge >= 0.3 is 0 Å². The predicted octanol–water partition coefficient (Wildman–Crippen LogP) is 4.11. The number of non-ortho nitro benzene ring substituents is 1. The molecule has 2 saturated heterocycles. The van der Waals surface area contributed by atoms with Gasteiger partial charge < -0.3 is 4.90 Å². The second-order valence-electron chi connectivity index (χ2n) is 5.89. The zero-order valence-electron chi connectivity index (χ0n) is 13.2. The van der Waals surface area contributed by atoms with E-state index in [2.05, 4.69) is 15.9 Å². The van der Waals surface area contributed by atoms with Gasteiger partial charge in [-0.25, -0.2) is 0 Å². The highest BCUT2D eigenvalue weighted by Crippen LogP contribution is 2.46. The number of nitro benzene ring substituents is 1. The van der Waals surface area contributed by atoms with Crippen LogP contribution in [0.5, 0.6) is 0 Å². The van der Waals surface area contributed by atoms with Gasteiger partial charge in [0.15, 0.2) is 5.11 Å². The first-order valence-electron chi connectivity index (χ1n) is 7.75. The Morgan fingerprint density at radius 1 is 1.23 bits per heavy atom. The zero-order valence-corrected chi connectivity index (χ0v) is 16.5. The van der Waals surface area contributed by atoms with Crippen molar-refractivity contribution >= 4 is 62.3 Å². The normalized spacial score (nSPS) is 22.0. The molecule has 0 unspecified atom stereocenters. The number of hydrogen-bond acceptors (Lipinski definition) is 5. The SMILES string of the molecule is O=C1[C@H]2CS[C@H](c3cccc([N+](=O)[O-])c3)N2C(=S)N1c1ccc(Br)cc1. The van der Waals surface area contributed by atoms with E-state index in [1.54, 1.807) is 28.8 Å². The van der Waals surface area contributed by atoms with Crippen molar-refractivity contribution < 1.29 is 9.72 Å². The number of thioether (sulfide) groups is 1. The Kier molecular flexibility index (Phi) is 4.45. The van der Waals surface area contributed by atoms with Gasteiger partial charge in [-0.2, -0.15) is 0 Å². The van der Waals surface area contributed by atoms with E-state index in [9.17, 15) is 14.9 Å². The topological polar surface area (TPSA) is 66.7 Å². The van der Waals surface area contributed by atoms with Gasteiger partial charge in [-0.3, -0.25) is 19.8 Å². The van der Waals surface area contributed by atoms with E-state index >= 15 is 0 Å². The van der Waals surface area contributed by atoms with Gasteiger partial charge in [-0.1, -0.05) is 28.1 Å². The Morgan fingerprint density at radius 3 is 2.65 bits per heavy atom. The van der Waals surface area contributed by atoms with Crippen LogP contribution in [0.3, 0.4) is 0 Å². The Balaban J connectivity index is 1.68. The Hall–Kier alpha value is -1.97. The molecule has 0 spiro atoms. The molecule has 9 heteroatoms. The van der Waals surface area contributed by atoms with Crippen LogP contribution in [0.15, 0.2) is 53.0 Å². The third kappa shape index (κ3) is 2.80. The molecule has 26 heavy (non-hydrogen) atoms. The molecule has 0 bridgehead atoms. The highest BCUT2D eigenvalue weighted by atomic mass is 79.9. The summed E-state index contributed by atoms with van der Waals surface area (Å²) in [7, 11) is 0. The minimum Gasteiger partial charge on any atom is -0.319 e. The summed E-state index contributed by atoms with van der Waals surface area (Å²) in [5, 5.41) is 11.3. The summed E-state index contributed by atoms with van der Waals surface area (Å²) < 4.78 is 0.921. The third-order valence-electron chi connectivity index (χ3n) is 4.37. The Bertz CT molecular complexity index is 922. The first-order chi connectivity index (χ1) is 12.5. The fourth-order valence-electron chi connectivity index (χ4n) is 3.17. The number of fused-ring (bicyclic) bond motifs is 1. The largest absolute Gasteiger partial charge is 0.319 e. The molecule has 0 aromatic heterocycles. The van der Waals surface area contributed by atoms with E-state index in [-0.39, 0.29) is 23.0 Å². The summed E-state index contributed by atoms with van der Waals surface area (Å²) in [6.45, 7) is 0. The number of carbonyl (C=O) groups is 1. The summed E-state index contributed by atoms with van der Waals surface area (Å²) in [5.74, 6) is 0.539. The van der Waals surface area contributed by atoms with Crippen molar-refractivity contribution in [2.24, 2.45) is 0 Å². The molecule has 2 fully saturated rings.